The maximum Gasteiger partial charge on any atom is 0.341 e. The Morgan fingerprint density at radius 3 is 2.93 bits per heavy atom. The van der Waals surface area contributed by atoms with E-state index in [4.69, 9.17) is 5.11 Å². The molecule has 80 valence electrons. The first-order valence-electron chi connectivity index (χ1n) is 4.89. The van der Waals surface area contributed by atoms with Crippen LogP contribution in [-0.4, -0.2) is 52.0 Å². The van der Waals surface area contributed by atoms with Gasteiger partial charge < -0.3 is 10.2 Å². The van der Waals surface area contributed by atoms with Crippen molar-refractivity contribution in [3.8, 4) is 0 Å². The van der Waals surface area contributed by atoms with Crippen molar-refractivity contribution >= 4 is 5.97 Å². The van der Waals surface area contributed by atoms with Crippen LogP contribution < -0.4 is 0 Å². The second-order valence-electron chi connectivity index (χ2n) is 4.14. The Kier molecular flexibility index (Phi) is 2.23. The summed E-state index contributed by atoms with van der Waals surface area (Å²) < 4.78 is 13.4. The molecule has 5 heteroatoms. The van der Waals surface area contributed by atoms with Crippen LogP contribution in [0.4, 0.5) is 4.39 Å². The summed E-state index contributed by atoms with van der Waals surface area (Å²) >= 11 is 0. The SMILES string of the molecule is O=C(O)C(F)C1(O)CCN2CCCC21. The number of nitrogens with zero attached hydrogens (tertiary/aromatic N) is 1. The molecule has 0 bridgehead atoms. The van der Waals surface area contributed by atoms with Gasteiger partial charge in [0.1, 0.15) is 5.60 Å². The number of carboxylic acid groups (broad SMARTS) is 1. The zero-order valence-corrected chi connectivity index (χ0v) is 7.82. The molecule has 2 N–H and O–H groups in total. The third kappa shape index (κ3) is 1.23. The van der Waals surface area contributed by atoms with Gasteiger partial charge in [-0.3, -0.25) is 4.90 Å². The monoisotopic (exact) mass is 203 g/mol. The Bertz CT molecular complexity index is 260. The topological polar surface area (TPSA) is 60.8 Å². The Hall–Kier alpha value is -0.680. The second kappa shape index (κ2) is 3.17. The molecule has 0 aromatic heterocycles. The van der Waals surface area contributed by atoms with Gasteiger partial charge in [0.25, 0.3) is 0 Å². The van der Waals surface area contributed by atoms with Crippen molar-refractivity contribution in [3.05, 3.63) is 0 Å². The highest BCUT2D eigenvalue weighted by Gasteiger charge is 2.55. The van der Waals surface area contributed by atoms with Crippen LogP contribution >= 0.6 is 0 Å². The standard InChI is InChI=1S/C9H14FNO3/c10-7(8(12)13)9(14)3-5-11-4-1-2-6(9)11/h6-7,14H,1-5H2,(H,12,13). The average molecular weight is 203 g/mol. The summed E-state index contributed by atoms with van der Waals surface area (Å²) in [6, 6.07) is -0.298. The largest absolute Gasteiger partial charge is 0.479 e. The molecule has 0 saturated carbocycles. The molecule has 2 fully saturated rings. The third-order valence-electron chi connectivity index (χ3n) is 3.40. The van der Waals surface area contributed by atoms with Gasteiger partial charge in [-0.15, -0.1) is 0 Å². The summed E-state index contributed by atoms with van der Waals surface area (Å²) in [7, 11) is 0. The smallest absolute Gasteiger partial charge is 0.341 e. The van der Waals surface area contributed by atoms with Crippen LogP contribution in [0, 0.1) is 0 Å². The first-order valence-corrected chi connectivity index (χ1v) is 4.89. The molecule has 0 radical (unpaired) electrons. The molecule has 2 aliphatic heterocycles. The van der Waals surface area contributed by atoms with Crippen molar-refractivity contribution in [3.63, 3.8) is 0 Å². The summed E-state index contributed by atoms with van der Waals surface area (Å²) in [4.78, 5) is 12.5. The average Bonchev–Trinajstić information content (AvgIpc) is 2.69. The lowest BCUT2D eigenvalue weighted by Gasteiger charge is -2.30. The fraction of sp³-hybridized carbons (Fsp3) is 0.889. The molecule has 0 spiro atoms. The molecule has 0 amide bonds. The fourth-order valence-electron chi connectivity index (χ4n) is 2.66. The summed E-state index contributed by atoms with van der Waals surface area (Å²) in [6.07, 6.45) is -0.315. The number of hydrogen-bond acceptors (Lipinski definition) is 3. The van der Waals surface area contributed by atoms with E-state index in [-0.39, 0.29) is 12.5 Å². The van der Waals surface area contributed by atoms with Gasteiger partial charge >= 0.3 is 5.97 Å². The molecule has 2 heterocycles. The van der Waals surface area contributed by atoms with Gasteiger partial charge in [0.2, 0.25) is 6.17 Å². The molecule has 0 aliphatic carbocycles. The minimum Gasteiger partial charge on any atom is -0.479 e. The zero-order chi connectivity index (χ0) is 10.3. The Labute approximate surface area is 81.3 Å². The molecular weight excluding hydrogens is 189 g/mol. The lowest BCUT2D eigenvalue weighted by molar-refractivity contribution is -0.156. The van der Waals surface area contributed by atoms with Gasteiger partial charge in [0, 0.05) is 12.6 Å². The van der Waals surface area contributed by atoms with Gasteiger partial charge in [-0.05, 0) is 25.8 Å². The minimum absolute atomic E-state index is 0.227. The lowest BCUT2D eigenvalue weighted by Crippen LogP contribution is -2.51. The van der Waals surface area contributed by atoms with E-state index in [2.05, 4.69) is 0 Å². The number of carboxylic acids is 1. The third-order valence-corrected chi connectivity index (χ3v) is 3.40. The van der Waals surface area contributed by atoms with E-state index < -0.39 is 17.7 Å². The van der Waals surface area contributed by atoms with Gasteiger partial charge in [0.05, 0.1) is 0 Å². The zero-order valence-electron chi connectivity index (χ0n) is 7.82. The molecule has 2 aliphatic rings. The quantitative estimate of drug-likeness (QED) is 0.663. The number of alkyl halides is 1. The van der Waals surface area contributed by atoms with E-state index >= 15 is 0 Å². The highest BCUT2D eigenvalue weighted by atomic mass is 19.1. The Morgan fingerprint density at radius 1 is 1.57 bits per heavy atom. The predicted molar refractivity (Wildman–Crippen MR) is 46.7 cm³/mol. The van der Waals surface area contributed by atoms with E-state index in [9.17, 15) is 14.3 Å². The van der Waals surface area contributed by atoms with Crippen LogP contribution in [0.3, 0.4) is 0 Å². The highest BCUT2D eigenvalue weighted by molar-refractivity contribution is 5.74. The summed E-state index contributed by atoms with van der Waals surface area (Å²) in [5.74, 6) is -1.55. The number of fused-ring (bicyclic) bond motifs is 1. The van der Waals surface area contributed by atoms with Crippen LogP contribution in [0.15, 0.2) is 0 Å². The van der Waals surface area contributed by atoms with Crippen molar-refractivity contribution in [2.45, 2.75) is 37.1 Å². The fourth-order valence-corrected chi connectivity index (χ4v) is 2.66. The van der Waals surface area contributed by atoms with E-state index in [1.165, 1.54) is 0 Å². The number of aliphatic hydroxyl groups is 1. The van der Waals surface area contributed by atoms with E-state index in [0.29, 0.717) is 13.0 Å². The second-order valence-corrected chi connectivity index (χ2v) is 4.14. The molecule has 2 saturated heterocycles. The van der Waals surface area contributed by atoms with Crippen LogP contribution in [0.5, 0.6) is 0 Å². The molecule has 0 aromatic carbocycles. The maximum atomic E-state index is 13.4. The van der Waals surface area contributed by atoms with Gasteiger partial charge in [-0.2, -0.15) is 0 Å². The van der Waals surface area contributed by atoms with Gasteiger partial charge in [-0.1, -0.05) is 0 Å². The predicted octanol–water partition coefficient (Wildman–Crippen LogP) is 0.00830. The molecule has 0 aromatic rings. The molecular formula is C9H14FNO3. The van der Waals surface area contributed by atoms with Crippen molar-refractivity contribution in [2.75, 3.05) is 13.1 Å². The number of aliphatic carboxylic acids is 1. The number of hydrogen-bond donors (Lipinski definition) is 2. The maximum absolute atomic E-state index is 13.4. The molecule has 3 unspecified atom stereocenters. The van der Waals surface area contributed by atoms with E-state index in [1.54, 1.807) is 0 Å². The number of carbonyl (C=O) groups is 1. The lowest BCUT2D eigenvalue weighted by atomic mass is 9.88. The number of halogens is 1. The number of rotatable bonds is 2. The van der Waals surface area contributed by atoms with E-state index in [0.717, 1.165) is 13.0 Å². The molecule has 4 nitrogen and oxygen atoms in total. The summed E-state index contributed by atoms with van der Waals surface area (Å²) in [6.45, 7) is 1.45. The first kappa shape index (κ1) is 9.86. The van der Waals surface area contributed by atoms with Crippen LogP contribution in [0.1, 0.15) is 19.3 Å². The Balaban J connectivity index is 2.19. The van der Waals surface area contributed by atoms with Crippen LogP contribution in [0.25, 0.3) is 0 Å². The first-order chi connectivity index (χ1) is 6.55. The summed E-state index contributed by atoms with van der Waals surface area (Å²) in [5, 5.41) is 18.6. The van der Waals surface area contributed by atoms with Crippen molar-refractivity contribution in [2.24, 2.45) is 0 Å². The highest BCUT2D eigenvalue weighted by Crippen LogP contribution is 2.39. The van der Waals surface area contributed by atoms with Gasteiger partial charge in [0.15, 0.2) is 0 Å². The Morgan fingerprint density at radius 2 is 2.29 bits per heavy atom. The summed E-state index contributed by atoms with van der Waals surface area (Å²) in [5.41, 5.74) is -1.66. The van der Waals surface area contributed by atoms with Gasteiger partial charge in [-0.25, -0.2) is 9.18 Å². The van der Waals surface area contributed by atoms with Crippen molar-refractivity contribution in [1.29, 1.82) is 0 Å². The van der Waals surface area contributed by atoms with E-state index in [1.807, 2.05) is 4.90 Å². The molecule has 2 rings (SSSR count). The van der Waals surface area contributed by atoms with Crippen LogP contribution in [0.2, 0.25) is 0 Å². The van der Waals surface area contributed by atoms with Crippen molar-refractivity contribution in [1.82, 2.24) is 4.90 Å². The van der Waals surface area contributed by atoms with Crippen molar-refractivity contribution < 1.29 is 19.4 Å². The molecule has 14 heavy (non-hydrogen) atoms. The normalized spacial score (nSPS) is 39.7. The minimum atomic E-state index is -2.16. The molecule has 3 atom stereocenters. The van der Waals surface area contributed by atoms with Crippen LogP contribution in [-0.2, 0) is 4.79 Å².